The van der Waals surface area contributed by atoms with E-state index in [9.17, 15) is 9.59 Å². The molecule has 8 heteroatoms. The van der Waals surface area contributed by atoms with Crippen LogP contribution in [0.4, 0.5) is 5.95 Å². The summed E-state index contributed by atoms with van der Waals surface area (Å²) in [6, 6.07) is 7.95. The number of amidine groups is 1. The lowest BCUT2D eigenvalue weighted by molar-refractivity contribution is -0.148. The van der Waals surface area contributed by atoms with Crippen molar-refractivity contribution in [2.24, 2.45) is 11.7 Å². The maximum Gasteiger partial charge on any atom is 0.309 e. The molecule has 3 N–H and O–H groups in total. The molecule has 1 aromatic heterocycles. The summed E-state index contributed by atoms with van der Waals surface area (Å²) in [5.41, 5.74) is 8.22. The highest BCUT2D eigenvalue weighted by molar-refractivity contribution is 5.98. The number of nitrogens with two attached hydrogens (primary N) is 1. The van der Waals surface area contributed by atoms with Crippen LogP contribution in [0.1, 0.15) is 38.2 Å². The van der Waals surface area contributed by atoms with Gasteiger partial charge in [-0.25, -0.2) is 9.97 Å². The standard InChI is InChI=1S/C23H29N5O3/c1-2-31-22(30)17-8-10-28(11-9-17)23-26-14-19(15-27-23)18-5-3-4-16(12-18)6-7-20(29)13-21(24)25/h3-5,12,14-15,17H,2,6-11,13H2,1H3,(H3,24,25). The first-order valence-electron chi connectivity index (χ1n) is 10.6. The van der Waals surface area contributed by atoms with Crippen molar-refractivity contribution in [1.29, 1.82) is 5.41 Å². The molecule has 0 atom stereocenters. The molecule has 1 aliphatic heterocycles. The van der Waals surface area contributed by atoms with E-state index in [2.05, 4.69) is 14.9 Å². The van der Waals surface area contributed by atoms with E-state index >= 15 is 0 Å². The van der Waals surface area contributed by atoms with Crippen LogP contribution in [0, 0.1) is 11.3 Å². The predicted octanol–water partition coefficient (Wildman–Crippen LogP) is 2.75. The lowest BCUT2D eigenvalue weighted by Crippen LogP contribution is -2.37. The number of aromatic nitrogens is 2. The predicted molar refractivity (Wildman–Crippen MR) is 119 cm³/mol. The van der Waals surface area contributed by atoms with Crippen molar-refractivity contribution >= 4 is 23.5 Å². The molecule has 1 aliphatic rings. The number of carbonyl (C=O) groups excluding carboxylic acids is 2. The Kier molecular flexibility index (Phi) is 7.70. The zero-order valence-corrected chi connectivity index (χ0v) is 17.8. The molecule has 2 aromatic rings. The number of anilines is 1. The van der Waals surface area contributed by atoms with Crippen molar-refractivity contribution < 1.29 is 14.3 Å². The average Bonchev–Trinajstić information content (AvgIpc) is 2.78. The maximum atomic E-state index is 11.9. The number of ketones is 1. The van der Waals surface area contributed by atoms with Crippen LogP contribution in [0.3, 0.4) is 0 Å². The fourth-order valence-electron chi connectivity index (χ4n) is 3.70. The summed E-state index contributed by atoms with van der Waals surface area (Å²) in [7, 11) is 0. The topological polar surface area (TPSA) is 122 Å². The highest BCUT2D eigenvalue weighted by atomic mass is 16.5. The zero-order valence-electron chi connectivity index (χ0n) is 17.8. The monoisotopic (exact) mass is 423 g/mol. The lowest BCUT2D eigenvalue weighted by Gasteiger charge is -2.30. The summed E-state index contributed by atoms with van der Waals surface area (Å²) in [4.78, 5) is 34.8. The minimum atomic E-state index is -0.110. The number of carbonyl (C=O) groups is 2. The van der Waals surface area contributed by atoms with Crippen molar-refractivity contribution in [2.45, 2.75) is 39.0 Å². The molecule has 0 unspecified atom stereocenters. The molecule has 1 fully saturated rings. The van der Waals surface area contributed by atoms with Gasteiger partial charge in [0.1, 0.15) is 5.78 Å². The van der Waals surface area contributed by atoms with Crippen LogP contribution in [0.5, 0.6) is 0 Å². The van der Waals surface area contributed by atoms with Gasteiger partial charge in [-0.1, -0.05) is 24.3 Å². The smallest absolute Gasteiger partial charge is 0.309 e. The summed E-state index contributed by atoms with van der Waals surface area (Å²) < 4.78 is 5.12. The molecular weight excluding hydrogens is 394 g/mol. The second-order valence-corrected chi connectivity index (χ2v) is 7.73. The summed E-state index contributed by atoms with van der Waals surface area (Å²) in [5.74, 6) is 0.386. The minimum Gasteiger partial charge on any atom is -0.466 e. The minimum absolute atomic E-state index is 0.00598. The van der Waals surface area contributed by atoms with Crippen molar-refractivity contribution in [3.05, 3.63) is 42.2 Å². The van der Waals surface area contributed by atoms with Crippen molar-refractivity contribution in [3.63, 3.8) is 0 Å². The van der Waals surface area contributed by atoms with E-state index in [-0.39, 0.29) is 29.9 Å². The Morgan fingerprint density at radius 1 is 1.19 bits per heavy atom. The maximum absolute atomic E-state index is 11.9. The molecule has 31 heavy (non-hydrogen) atoms. The van der Waals surface area contributed by atoms with Gasteiger partial charge in [-0.2, -0.15) is 0 Å². The molecule has 0 saturated carbocycles. The Morgan fingerprint density at radius 2 is 1.90 bits per heavy atom. The number of aryl methyl sites for hydroxylation is 1. The number of hydrogen-bond acceptors (Lipinski definition) is 7. The van der Waals surface area contributed by atoms with E-state index in [1.807, 2.05) is 31.2 Å². The van der Waals surface area contributed by atoms with Crippen molar-refractivity contribution in [2.75, 3.05) is 24.6 Å². The van der Waals surface area contributed by atoms with Gasteiger partial charge < -0.3 is 15.4 Å². The van der Waals surface area contributed by atoms with Crippen LogP contribution < -0.4 is 10.6 Å². The molecule has 0 bridgehead atoms. The Balaban J connectivity index is 1.58. The molecule has 0 aliphatic carbocycles. The third-order valence-electron chi connectivity index (χ3n) is 5.38. The number of ether oxygens (including phenoxy) is 1. The molecule has 164 valence electrons. The Labute approximate surface area is 182 Å². The van der Waals surface area contributed by atoms with Crippen LogP contribution >= 0.6 is 0 Å². The zero-order chi connectivity index (χ0) is 22.2. The van der Waals surface area contributed by atoms with E-state index in [0.29, 0.717) is 25.4 Å². The van der Waals surface area contributed by atoms with Gasteiger partial charge in [0.15, 0.2) is 0 Å². The molecule has 2 heterocycles. The first-order chi connectivity index (χ1) is 15.0. The fourth-order valence-corrected chi connectivity index (χ4v) is 3.70. The number of benzene rings is 1. The third kappa shape index (κ3) is 6.34. The summed E-state index contributed by atoms with van der Waals surface area (Å²) >= 11 is 0. The Hall–Kier alpha value is -3.29. The van der Waals surface area contributed by atoms with Gasteiger partial charge in [0.2, 0.25) is 5.95 Å². The van der Waals surface area contributed by atoms with Crippen LogP contribution in [0.2, 0.25) is 0 Å². The van der Waals surface area contributed by atoms with Crippen molar-refractivity contribution in [3.8, 4) is 11.1 Å². The number of esters is 1. The van der Waals surface area contributed by atoms with Gasteiger partial charge in [-0.15, -0.1) is 0 Å². The highest BCUT2D eigenvalue weighted by Crippen LogP contribution is 2.24. The van der Waals surface area contributed by atoms with Gasteiger partial charge in [-0.3, -0.25) is 15.0 Å². The number of Topliss-reactive ketones (excluding diaryl/α,β-unsaturated/α-hetero) is 1. The average molecular weight is 424 g/mol. The molecule has 1 saturated heterocycles. The van der Waals surface area contributed by atoms with Gasteiger partial charge in [-0.05, 0) is 37.3 Å². The third-order valence-corrected chi connectivity index (χ3v) is 5.38. The Bertz CT molecular complexity index is 921. The number of hydrogen-bond donors (Lipinski definition) is 2. The number of piperidine rings is 1. The van der Waals surface area contributed by atoms with E-state index in [0.717, 1.165) is 42.6 Å². The summed E-state index contributed by atoms with van der Waals surface area (Å²) in [5, 5.41) is 7.21. The molecule has 0 radical (unpaired) electrons. The molecule has 8 nitrogen and oxygen atoms in total. The number of rotatable bonds is 9. The quantitative estimate of drug-likeness (QED) is 0.361. The first-order valence-corrected chi connectivity index (χ1v) is 10.6. The largest absolute Gasteiger partial charge is 0.466 e. The number of nitrogens with one attached hydrogen (secondary N) is 1. The molecule has 0 amide bonds. The Morgan fingerprint density at radius 3 is 2.55 bits per heavy atom. The van der Waals surface area contributed by atoms with E-state index in [1.165, 1.54) is 0 Å². The molecule has 3 rings (SSSR count). The van der Waals surface area contributed by atoms with Crippen molar-refractivity contribution in [1.82, 2.24) is 9.97 Å². The van der Waals surface area contributed by atoms with Crippen LogP contribution in [0.15, 0.2) is 36.7 Å². The van der Waals surface area contributed by atoms with Gasteiger partial charge in [0, 0.05) is 37.5 Å². The fraction of sp³-hybridized carbons (Fsp3) is 0.435. The summed E-state index contributed by atoms with van der Waals surface area (Å²) in [6.07, 6.45) is 6.07. The highest BCUT2D eigenvalue weighted by Gasteiger charge is 2.27. The molecule has 1 aromatic carbocycles. The normalized spacial score (nSPS) is 14.3. The van der Waals surface area contributed by atoms with E-state index in [1.54, 1.807) is 12.4 Å². The van der Waals surface area contributed by atoms with Crippen LogP contribution in [-0.2, 0) is 20.7 Å². The van der Waals surface area contributed by atoms with Crippen LogP contribution in [0.25, 0.3) is 11.1 Å². The van der Waals surface area contributed by atoms with Gasteiger partial charge in [0.25, 0.3) is 0 Å². The first kappa shape index (κ1) is 22.4. The SMILES string of the molecule is CCOC(=O)C1CCN(c2ncc(-c3cccc(CCC(=O)CC(=N)N)c3)cn2)CC1. The molecular formula is C23H29N5O3. The number of nitrogens with zero attached hydrogens (tertiary/aromatic N) is 3. The second kappa shape index (κ2) is 10.7. The van der Waals surface area contributed by atoms with Gasteiger partial charge >= 0.3 is 5.97 Å². The van der Waals surface area contributed by atoms with E-state index in [4.69, 9.17) is 15.9 Å². The van der Waals surface area contributed by atoms with Crippen LogP contribution in [-0.4, -0.2) is 47.3 Å². The lowest BCUT2D eigenvalue weighted by atomic mass is 9.97. The molecule has 0 spiro atoms. The van der Waals surface area contributed by atoms with E-state index < -0.39 is 0 Å². The van der Waals surface area contributed by atoms with Gasteiger partial charge in [0.05, 0.1) is 24.8 Å². The summed E-state index contributed by atoms with van der Waals surface area (Å²) in [6.45, 7) is 3.70. The second-order valence-electron chi connectivity index (χ2n) is 7.73.